The summed E-state index contributed by atoms with van der Waals surface area (Å²) >= 11 is 0. The molecule has 7 nitrogen and oxygen atoms in total. The monoisotopic (exact) mass is 379 g/mol. The molecule has 0 aliphatic carbocycles. The van der Waals surface area contributed by atoms with Gasteiger partial charge in [-0.15, -0.1) is 0 Å². The first-order valence-corrected chi connectivity index (χ1v) is 9.04. The summed E-state index contributed by atoms with van der Waals surface area (Å²) < 4.78 is 1.96. The molecule has 28 heavy (non-hydrogen) atoms. The third kappa shape index (κ3) is 4.66. The Morgan fingerprint density at radius 1 is 1.18 bits per heavy atom. The van der Waals surface area contributed by atoms with Gasteiger partial charge in [0.05, 0.1) is 29.6 Å². The van der Waals surface area contributed by atoms with Gasteiger partial charge in [0.15, 0.2) is 0 Å². The number of anilines is 1. The molecule has 0 fully saturated rings. The van der Waals surface area contributed by atoms with Gasteiger partial charge in [0, 0.05) is 30.4 Å². The zero-order valence-corrected chi connectivity index (χ0v) is 16.8. The quantitative estimate of drug-likeness (QED) is 0.603. The predicted octanol–water partition coefficient (Wildman–Crippen LogP) is 2.43. The molecule has 7 heteroatoms. The summed E-state index contributed by atoms with van der Waals surface area (Å²) in [6.07, 6.45) is 5.39. The summed E-state index contributed by atoms with van der Waals surface area (Å²) in [5, 5.41) is 24.0. The van der Waals surface area contributed by atoms with E-state index in [1.165, 1.54) is 0 Å². The van der Waals surface area contributed by atoms with Crippen molar-refractivity contribution in [3.05, 3.63) is 36.4 Å². The molecule has 0 aliphatic rings. The van der Waals surface area contributed by atoms with Crippen LogP contribution in [0.3, 0.4) is 0 Å². The minimum atomic E-state index is -1.10. The smallest absolute Gasteiger partial charge is 0.222 e. The molecule has 0 atom stereocenters. The Kier molecular flexibility index (Phi) is 5.11. The lowest BCUT2D eigenvalue weighted by Crippen LogP contribution is -2.25. The SMILES string of the molecule is CNc1nccc(-c2cn(CC(C)(C)O)c3cnc(C#CC(C)(C)O)cc23)n1. The predicted molar refractivity (Wildman–Crippen MR) is 110 cm³/mol. The molecule has 0 aliphatic heterocycles. The molecule has 3 N–H and O–H groups in total. The van der Waals surface area contributed by atoms with E-state index in [4.69, 9.17) is 0 Å². The van der Waals surface area contributed by atoms with E-state index >= 15 is 0 Å². The molecule has 0 saturated heterocycles. The minimum Gasteiger partial charge on any atom is -0.389 e. The summed E-state index contributed by atoms with van der Waals surface area (Å²) in [5.41, 5.74) is 1.10. The van der Waals surface area contributed by atoms with E-state index in [-0.39, 0.29) is 0 Å². The normalized spacial score (nSPS) is 12.0. The van der Waals surface area contributed by atoms with Gasteiger partial charge in [0.25, 0.3) is 0 Å². The fourth-order valence-corrected chi connectivity index (χ4v) is 2.85. The van der Waals surface area contributed by atoms with Gasteiger partial charge < -0.3 is 20.1 Å². The van der Waals surface area contributed by atoms with Crippen LogP contribution in [0.15, 0.2) is 30.7 Å². The van der Waals surface area contributed by atoms with Crippen LogP contribution in [0.1, 0.15) is 33.4 Å². The summed E-state index contributed by atoms with van der Waals surface area (Å²) in [7, 11) is 1.77. The molecule has 0 unspecified atom stereocenters. The first kappa shape index (κ1) is 19.8. The van der Waals surface area contributed by atoms with Crippen LogP contribution in [0, 0.1) is 11.8 Å². The molecule has 0 bridgehead atoms. The highest BCUT2D eigenvalue weighted by Crippen LogP contribution is 2.31. The van der Waals surface area contributed by atoms with Crippen molar-refractivity contribution in [1.82, 2.24) is 19.5 Å². The van der Waals surface area contributed by atoms with E-state index in [0.29, 0.717) is 18.2 Å². The molecule has 3 rings (SSSR count). The Balaban J connectivity index is 2.20. The molecule has 3 aromatic heterocycles. The molecule has 3 aromatic rings. The molecule has 0 amide bonds. The van der Waals surface area contributed by atoms with E-state index in [1.54, 1.807) is 47.1 Å². The third-order valence-electron chi connectivity index (χ3n) is 3.98. The highest BCUT2D eigenvalue weighted by atomic mass is 16.3. The lowest BCUT2D eigenvalue weighted by molar-refractivity contribution is 0.0628. The number of fused-ring (bicyclic) bond motifs is 1. The van der Waals surface area contributed by atoms with Gasteiger partial charge in [0.1, 0.15) is 11.3 Å². The van der Waals surface area contributed by atoms with Crippen LogP contribution >= 0.6 is 0 Å². The van der Waals surface area contributed by atoms with Crippen molar-refractivity contribution in [2.75, 3.05) is 12.4 Å². The minimum absolute atomic E-state index is 0.407. The number of nitrogens with one attached hydrogen (secondary N) is 1. The van der Waals surface area contributed by atoms with Crippen LogP contribution in [0.5, 0.6) is 0 Å². The number of aromatic nitrogens is 4. The molecule has 0 aromatic carbocycles. The number of aliphatic hydroxyl groups is 2. The lowest BCUT2D eigenvalue weighted by Gasteiger charge is -2.18. The van der Waals surface area contributed by atoms with Crippen molar-refractivity contribution in [3.63, 3.8) is 0 Å². The molecular weight excluding hydrogens is 354 g/mol. The molecule has 3 heterocycles. The maximum Gasteiger partial charge on any atom is 0.222 e. The van der Waals surface area contributed by atoms with Crippen LogP contribution in [0.25, 0.3) is 22.2 Å². The second kappa shape index (κ2) is 7.23. The first-order chi connectivity index (χ1) is 13.1. The molecule has 0 saturated carbocycles. The maximum atomic E-state index is 10.3. The number of hydrogen-bond donors (Lipinski definition) is 3. The Bertz CT molecular complexity index is 1060. The molecule has 146 valence electrons. The zero-order chi connectivity index (χ0) is 20.5. The van der Waals surface area contributed by atoms with Crippen molar-refractivity contribution in [3.8, 4) is 23.1 Å². The average molecular weight is 379 g/mol. The highest BCUT2D eigenvalue weighted by molar-refractivity contribution is 5.95. The van der Waals surface area contributed by atoms with Crippen molar-refractivity contribution in [2.24, 2.45) is 0 Å². The Labute approximate surface area is 164 Å². The van der Waals surface area contributed by atoms with Gasteiger partial charge in [-0.2, -0.15) is 0 Å². The van der Waals surface area contributed by atoms with Gasteiger partial charge in [-0.1, -0.05) is 5.92 Å². The zero-order valence-electron chi connectivity index (χ0n) is 16.8. The Morgan fingerprint density at radius 3 is 2.57 bits per heavy atom. The first-order valence-electron chi connectivity index (χ1n) is 9.04. The Hall–Kier alpha value is -2.95. The van der Waals surface area contributed by atoms with Crippen LogP contribution in [0.2, 0.25) is 0 Å². The fourth-order valence-electron chi connectivity index (χ4n) is 2.85. The van der Waals surface area contributed by atoms with Crippen LogP contribution < -0.4 is 5.32 Å². The van der Waals surface area contributed by atoms with E-state index in [1.807, 2.05) is 22.9 Å². The van der Waals surface area contributed by atoms with Gasteiger partial charge in [0.2, 0.25) is 5.95 Å². The summed E-state index contributed by atoms with van der Waals surface area (Å²) in [6, 6.07) is 3.72. The van der Waals surface area contributed by atoms with Crippen LogP contribution in [-0.4, -0.2) is 48.0 Å². The standard InChI is InChI=1S/C21H25N5O2/c1-20(2,27)8-6-14-10-15-16(17-7-9-23-19(22-5)25-17)12-26(13-21(3,4)28)18(15)11-24-14/h7,9-12,27-28H,13H2,1-5H3,(H,22,23,25). The number of hydrogen-bond acceptors (Lipinski definition) is 6. The van der Waals surface area contributed by atoms with Crippen molar-refractivity contribution in [2.45, 2.75) is 45.4 Å². The van der Waals surface area contributed by atoms with Crippen molar-refractivity contribution >= 4 is 16.9 Å². The molecule has 0 spiro atoms. The summed E-state index contributed by atoms with van der Waals surface area (Å²) in [5.74, 6) is 6.23. The Morgan fingerprint density at radius 2 is 1.93 bits per heavy atom. The van der Waals surface area contributed by atoms with Gasteiger partial charge >= 0.3 is 0 Å². The van der Waals surface area contributed by atoms with Crippen molar-refractivity contribution in [1.29, 1.82) is 0 Å². The summed E-state index contributed by atoms with van der Waals surface area (Å²) in [4.78, 5) is 13.1. The fraction of sp³-hybridized carbons (Fsp3) is 0.381. The number of nitrogens with zero attached hydrogens (tertiary/aromatic N) is 4. The van der Waals surface area contributed by atoms with E-state index in [0.717, 1.165) is 22.2 Å². The van der Waals surface area contributed by atoms with Gasteiger partial charge in [-0.3, -0.25) is 0 Å². The third-order valence-corrected chi connectivity index (χ3v) is 3.98. The number of pyridine rings is 1. The number of rotatable bonds is 4. The summed E-state index contributed by atoms with van der Waals surface area (Å²) in [6.45, 7) is 7.19. The van der Waals surface area contributed by atoms with Gasteiger partial charge in [-0.25, -0.2) is 15.0 Å². The highest BCUT2D eigenvalue weighted by Gasteiger charge is 2.19. The largest absolute Gasteiger partial charge is 0.389 e. The molecular formula is C21H25N5O2. The van der Waals surface area contributed by atoms with E-state index in [9.17, 15) is 10.2 Å². The second-order valence-corrected chi connectivity index (χ2v) is 7.89. The van der Waals surface area contributed by atoms with E-state index < -0.39 is 11.2 Å². The maximum absolute atomic E-state index is 10.3. The topological polar surface area (TPSA) is 96.1 Å². The second-order valence-electron chi connectivity index (χ2n) is 7.89. The average Bonchev–Trinajstić information content (AvgIpc) is 2.95. The van der Waals surface area contributed by atoms with Crippen LogP contribution in [-0.2, 0) is 6.54 Å². The van der Waals surface area contributed by atoms with Crippen molar-refractivity contribution < 1.29 is 10.2 Å². The van der Waals surface area contributed by atoms with Gasteiger partial charge in [-0.05, 0) is 45.7 Å². The lowest BCUT2D eigenvalue weighted by atomic mass is 10.1. The van der Waals surface area contributed by atoms with E-state index in [2.05, 4.69) is 32.1 Å². The molecule has 0 radical (unpaired) electrons. The van der Waals surface area contributed by atoms with Crippen LogP contribution in [0.4, 0.5) is 5.95 Å².